The van der Waals surface area contributed by atoms with Crippen molar-refractivity contribution < 1.29 is 14.0 Å². The number of H-pyrrole nitrogens is 1. The Morgan fingerprint density at radius 1 is 1.20 bits per heavy atom. The average molecular weight is 428 g/mol. The predicted octanol–water partition coefficient (Wildman–Crippen LogP) is 3.60. The summed E-state index contributed by atoms with van der Waals surface area (Å²) in [4.78, 5) is 24.6. The molecule has 156 valence electrons. The molecule has 0 radical (unpaired) electrons. The number of amides is 2. The highest BCUT2D eigenvalue weighted by Crippen LogP contribution is 2.13. The van der Waals surface area contributed by atoms with E-state index in [1.54, 1.807) is 22.8 Å². The molecule has 1 heterocycles. The largest absolute Gasteiger partial charge is 0.350 e. The van der Waals surface area contributed by atoms with E-state index in [0.717, 1.165) is 24.2 Å². The van der Waals surface area contributed by atoms with Crippen LogP contribution < -0.4 is 10.6 Å². The molecule has 0 aliphatic carbocycles. The number of hydrogen-bond donors (Lipinski definition) is 3. The minimum atomic E-state index is -0.400. The van der Waals surface area contributed by atoms with Gasteiger partial charge >= 0.3 is 0 Å². The number of anilines is 1. The Morgan fingerprint density at radius 2 is 1.97 bits per heavy atom. The monoisotopic (exact) mass is 427 g/mol. The second-order valence-electron chi connectivity index (χ2n) is 6.72. The average Bonchev–Trinajstić information content (AvgIpc) is 3.07. The van der Waals surface area contributed by atoms with Crippen molar-refractivity contribution in [2.45, 2.75) is 32.9 Å². The van der Waals surface area contributed by atoms with Crippen molar-refractivity contribution in [2.24, 2.45) is 0 Å². The Labute approximate surface area is 178 Å². The summed E-state index contributed by atoms with van der Waals surface area (Å²) in [5.41, 5.74) is 1.76. The van der Waals surface area contributed by atoms with Crippen molar-refractivity contribution in [2.75, 3.05) is 5.32 Å². The number of halogens is 1. The number of hydrogen-bond acceptors (Lipinski definition) is 4. The number of nitrogens with zero attached hydrogens (tertiary/aromatic N) is 2. The lowest BCUT2D eigenvalue weighted by Gasteiger charge is -2.10. The van der Waals surface area contributed by atoms with Gasteiger partial charge in [-0.3, -0.25) is 19.3 Å². The van der Waals surface area contributed by atoms with Gasteiger partial charge in [0.2, 0.25) is 5.91 Å². The molecule has 2 amide bonds. The van der Waals surface area contributed by atoms with Gasteiger partial charge < -0.3 is 10.6 Å². The molecular formula is C21H22FN5O2S. The topological polar surface area (TPSA) is 91.8 Å². The molecule has 0 aliphatic rings. The maximum atomic E-state index is 13.0. The summed E-state index contributed by atoms with van der Waals surface area (Å²) in [6.07, 6.45) is 1.63. The fourth-order valence-electron chi connectivity index (χ4n) is 2.89. The van der Waals surface area contributed by atoms with E-state index in [4.69, 9.17) is 12.2 Å². The van der Waals surface area contributed by atoms with Crippen LogP contribution in [0.25, 0.3) is 0 Å². The van der Waals surface area contributed by atoms with E-state index in [-0.39, 0.29) is 18.4 Å². The van der Waals surface area contributed by atoms with Crippen LogP contribution in [0.2, 0.25) is 0 Å². The summed E-state index contributed by atoms with van der Waals surface area (Å²) in [6.45, 7) is 2.42. The third-order valence-electron chi connectivity index (χ3n) is 4.39. The van der Waals surface area contributed by atoms with Gasteiger partial charge in [0.1, 0.15) is 18.2 Å². The Hall–Kier alpha value is -3.33. The maximum Gasteiger partial charge on any atom is 0.255 e. The van der Waals surface area contributed by atoms with Crippen molar-refractivity contribution in [3.05, 3.63) is 76.1 Å². The summed E-state index contributed by atoms with van der Waals surface area (Å²) < 4.78 is 15.1. The molecule has 0 unspecified atom stereocenters. The molecule has 0 spiro atoms. The molecule has 3 rings (SSSR count). The summed E-state index contributed by atoms with van der Waals surface area (Å²) in [5.74, 6) is -0.175. The number of rotatable bonds is 8. The van der Waals surface area contributed by atoms with Gasteiger partial charge in [-0.05, 0) is 60.6 Å². The van der Waals surface area contributed by atoms with Gasteiger partial charge in [0.15, 0.2) is 4.77 Å². The van der Waals surface area contributed by atoms with Crippen molar-refractivity contribution in [3.63, 3.8) is 0 Å². The predicted molar refractivity (Wildman–Crippen MR) is 114 cm³/mol. The van der Waals surface area contributed by atoms with E-state index in [9.17, 15) is 14.0 Å². The molecule has 0 aliphatic heterocycles. The van der Waals surface area contributed by atoms with E-state index in [1.165, 1.54) is 24.3 Å². The number of aromatic amines is 1. The highest BCUT2D eigenvalue weighted by molar-refractivity contribution is 7.71. The Balaban J connectivity index is 1.58. The third-order valence-corrected chi connectivity index (χ3v) is 4.71. The molecule has 0 bridgehead atoms. The van der Waals surface area contributed by atoms with E-state index < -0.39 is 5.82 Å². The Morgan fingerprint density at radius 3 is 2.70 bits per heavy atom. The van der Waals surface area contributed by atoms with Crippen LogP contribution in [0, 0.1) is 10.6 Å². The lowest BCUT2D eigenvalue weighted by atomic mass is 10.1. The van der Waals surface area contributed by atoms with Crippen LogP contribution in [0.3, 0.4) is 0 Å². The quantitative estimate of drug-likeness (QED) is 0.479. The van der Waals surface area contributed by atoms with Crippen LogP contribution in [0.4, 0.5) is 10.1 Å². The van der Waals surface area contributed by atoms with Crippen molar-refractivity contribution >= 4 is 29.7 Å². The zero-order chi connectivity index (χ0) is 21.5. The molecule has 0 fully saturated rings. The number of benzene rings is 2. The first-order chi connectivity index (χ1) is 14.5. The molecule has 0 saturated heterocycles. The molecule has 7 nitrogen and oxygen atoms in total. The Kier molecular flexibility index (Phi) is 7.08. The summed E-state index contributed by atoms with van der Waals surface area (Å²) in [6, 6.07) is 12.5. The lowest BCUT2D eigenvalue weighted by molar-refractivity contribution is -0.121. The van der Waals surface area contributed by atoms with E-state index in [0.29, 0.717) is 22.6 Å². The van der Waals surface area contributed by atoms with Crippen molar-refractivity contribution in [3.8, 4) is 0 Å². The van der Waals surface area contributed by atoms with Gasteiger partial charge in [0.25, 0.3) is 5.91 Å². The van der Waals surface area contributed by atoms with Gasteiger partial charge in [0, 0.05) is 24.2 Å². The number of carbonyl (C=O) groups excluding carboxylic acids is 2. The SMILES string of the molecule is CCCc1n[nH]c(=S)n1CC(=O)NCc1cccc(NC(=O)c2ccc(F)cc2)c1. The second-order valence-corrected chi connectivity index (χ2v) is 7.11. The molecule has 30 heavy (non-hydrogen) atoms. The van der Waals surface area contributed by atoms with Crippen LogP contribution in [-0.4, -0.2) is 26.6 Å². The van der Waals surface area contributed by atoms with Crippen LogP contribution in [0.15, 0.2) is 48.5 Å². The number of aryl methyl sites for hydroxylation is 1. The maximum absolute atomic E-state index is 13.0. The zero-order valence-electron chi connectivity index (χ0n) is 16.4. The second kappa shape index (κ2) is 9.93. The van der Waals surface area contributed by atoms with E-state index >= 15 is 0 Å². The molecular weight excluding hydrogens is 405 g/mol. The van der Waals surface area contributed by atoms with Crippen LogP contribution >= 0.6 is 12.2 Å². The number of aromatic nitrogens is 3. The molecule has 1 aromatic heterocycles. The summed E-state index contributed by atoms with van der Waals surface area (Å²) in [5, 5.41) is 12.5. The summed E-state index contributed by atoms with van der Waals surface area (Å²) in [7, 11) is 0. The first-order valence-electron chi connectivity index (χ1n) is 9.53. The minimum absolute atomic E-state index is 0.0889. The fourth-order valence-corrected chi connectivity index (χ4v) is 3.11. The van der Waals surface area contributed by atoms with Gasteiger partial charge in [-0.1, -0.05) is 19.1 Å². The van der Waals surface area contributed by atoms with Gasteiger partial charge in [0.05, 0.1) is 0 Å². The fraction of sp³-hybridized carbons (Fsp3) is 0.238. The number of nitrogens with one attached hydrogen (secondary N) is 3. The first-order valence-corrected chi connectivity index (χ1v) is 9.93. The molecule has 0 atom stereocenters. The highest BCUT2D eigenvalue weighted by atomic mass is 32.1. The highest BCUT2D eigenvalue weighted by Gasteiger charge is 2.10. The van der Waals surface area contributed by atoms with Crippen LogP contribution in [0.5, 0.6) is 0 Å². The Bertz CT molecular complexity index is 1090. The smallest absolute Gasteiger partial charge is 0.255 e. The molecule has 3 N–H and O–H groups in total. The van der Waals surface area contributed by atoms with Crippen LogP contribution in [-0.2, 0) is 24.3 Å². The number of carbonyl (C=O) groups is 2. The van der Waals surface area contributed by atoms with E-state index in [1.807, 2.05) is 13.0 Å². The van der Waals surface area contributed by atoms with Crippen LogP contribution in [0.1, 0.15) is 35.1 Å². The molecule has 3 aromatic rings. The van der Waals surface area contributed by atoms with Crippen molar-refractivity contribution in [1.29, 1.82) is 0 Å². The first kappa shape index (κ1) is 21.4. The van der Waals surface area contributed by atoms with Crippen molar-refractivity contribution in [1.82, 2.24) is 20.1 Å². The summed E-state index contributed by atoms with van der Waals surface area (Å²) >= 11 is 5.19. The van der Waals surface area contributed by atoms with Gasteiger partial charge in [-0.2, -0.15) is 5.10 Å². The normalized spacial score (nSPS) is 10.6. The van der Waals surface area contributed by atoms with Gasteiger partial charge in [-0.15, -0.1) is 0 Å². The third kappa shape index (κ3) is 5.60. The van der Waals surface area contributed by atoms with E-state index in [2.05, 4.69) is 20.8 Å². The molecule has 0 saturated carbocycles. The molecule has 2 aromatic carbocycles. The minimum Gasteiger partial charge on any atom is -0.350 e. The standard InChI is InChI=1S/C21H22FN5O2S/c1-2-4-18-25-26-21(30)27(18)13-19(28)23-12-14-5-3-6-17(11-14)24-20(29)15-7-9-16(22)10-8-15/h3,5-11H,2,4,12-13H2,1H3,(H,23,28)(H,24,29)(H,26,30). The lowest BCUT2D eigenvalue weighted by Crippen LogP contribution is -2.28. The zero-order valence-corrected chi connectivity index (χ0v) is 17.3. The van der Waals surface area contributed by atoms with Gasteiger partial charge in [-0.25, -0.2) is 4.39 Å². The molecule has 9 heteroatoms.